The first-order valence-electron chi connectivity index (χ1n) is 7.52. The van der Waals surface area contributed by atoms with E-state index >= 15 is 0 Å². The molecular formula is C17H25N3. The van der Waals surface area contributed by atoms with E-state index in [0.717, 1.165) is 31.7 Å². The molecule has 0 amide bonds. The van der Waals surface area contributed by atoms with Crippen molar-refractivity contribution >= 4 is 10.9 Å². The van der Waals surface area contributed by atoms with Crippen molar-refractivity contribution in [2.75, 3.05) is 19.6 Å². The largest absolute Gasteiger partial charge is 0.309 e. The Kier molecular flexibility index (Phi) is 5.50. The fourth-order valence-electron chi connectivity index (χ4n) is 2.46. The molecule has 1 unspecified atom stereocenters. The fraction of sp³-hybridized carbons (Fsp3) is 0.471. The first-order valence-corrected chi connectivity index (χ1v) is 7.52. The SMILES string of the molecule is CCN(CC)CC(C)NCc1ccc2ncccc2c1. The number of nitrogens with one attached hydrogen (secondary N) is 1. The van der Waals surface area contributed by atoms with E-state index in [2.05, 4.69) is 60.2 Å². The summed E-state index contributed by atoms with van der Waals surface area (Å²) in [5, 5.41) is 4.81. The summed E-state index contributed by atoms with van der Waals surface area (Å²) in [6.07, 6.45) is 1.84. The van der Waals surface area contributed by atoms with Gasteiger partial charge in [-0.1, -0.05) is 26.0 Å². The van der Waals surface area contributed by atoms with E-state index in [1.807, 2.05) is 12.3 Å². The third-order valence-corrected chi connectivity index (χ3v) is 3.75. The number of hydrogen-bond acceptors (Lipinski definition) is 3. The molecule has 1 heterocycles. The Morgan fingerprint density at radius 2 is 2.00 bits per heavy atom. The number of hydrogen-bond donors (Lipinski definition) is 1. The van der Waals surface area contributed by atoms with Crippen LogP contribution >= 0.6 is 0 Å². The average molecular weight is 271 g/mol. The standard InChI is InChI=1S/C17H25N3/c1-4-20(5-2)13-14(3)19-12-15-8-9-17-16(11-15)7-6-10-18-17/h6-11,14,19H,4-5,12-13H2,1-3H3. The molecule has 0 aliphatic heterocycles. The van der Waals surface area contributed by atoms with Gasteiger partial charge in [-0.05, 0) is 43.8 Å². The van der Waals surface area contributed by atoms with Crippen LogP contribution in [-0.4, -0.2) is 35.6 Å². The Morgan fingerprint density at radius 1 is 1.20 bits per heavy atom. The maximum absolute atomic E-state index is 4.35. The molecule has 0 saturated carbocycles. The highest BCUT2D eigenvalue weighted by Gasteiger charge is 2.06. The zero-order valence-electron chi connectivity index (χ0n) is 12.8. The molecule has 2 rings (SSSR count). The van der Waals surface area contributed by atoms with Gasteiger partial charge in [-0.25, -0.2) is 0 Å². The Labute approximate surface area is 122 Å². The summed E-state index contributed by atoms with van der Waals surface area (Å²) in [6.45, 7) is 10.9. The summed E-state index contributed by atoms with van der Waals surface area (Å²) in [5.74, 6) is 0. The van der Waals surface area contributed by atoms with Crippen molar-refractivity contribution in [3.8, 4) is 0 Å². The summed E-state index contributed by atoms with van der Waals surface area (Å²) in [5.41, 5.74) is 2.38. The fourth-order valence-corrected chi connectivity index (χ4v) is 2.46. The van der Waals surface area contributed by atoms with Crippen molar-refractivity contribution in [1.82, 2.24) is 15.2 Å². The van der Waals surface area contributed by atoms with Crippen LogP contribution in [0.4, 0.5) is 0 Å². The lowest BCUT2D eigenvalue weighted by molar-refractivity contribution is 0.270. The van der Waals surface area contributed by atoms with Gasteiger partial charge in [-0.2, -0.15) is 0 Å². The van der Waals surface area contributed by atoms with Crippen LogP contribution in [0.1, 0.15) is 26.3 Å². The van der Waals surface area contributed by atoms with Gasteiger partial charge in [0.25, 0.3) is 0 Å². The topological polar surface area (TPSA) is 28.2 Å². The van der Waals surface area contributed by atoms with Gasteiger partial charge >= 0.3 is 0 Å². The molecule has 2 aromatic rings. The lowest BCUT2D eigenvalue weighted by Crippen LogP contribution is -2.38. The van der Waals surface area contributed by atoms with Crippen molar-refractivity contribution in [2.45, 2.75) is 33.4 Å². The number of aromatic nitrogens is 1. The van der Waals surface area contributed by atoms with Gasteiger partial charge < -0.3 is 10.2 Å². The highest BCUT2D eigenvalue weighted by molar-refractivity contribution is 5.78. The lowest BCUT2D eigenvalue weighted by atomic mass is 10.1. The Balaban J connectivity index is 1.92. The molecule has 1 atom stereocenters. The lowest BCUT2D eigenvalue weighted by Gasteiger charge is -2.23. The Morgan fingerprint density at radius 3 is 2.75 bits per heavy atom. The number of rotatable bonds is 7. The maximum Gasteiger partial charge on any atom is 0.0702 e. The highest BCUT2D eigenvalue weighted by Crippen LogP contribution is 2.13. The molecule has 1 aromatic heterocycles. The average Bonchev–Trinajstić information content (AvgIpc) is 2.50. The molecule has 0 spiro atoms. The van der Waals surface area contributed by atoms with E-state index in [1.54, 1.807) is 0 Å². The molecule has 1 N–H and O–H groups in total. The molecule has 3 heteroatoms. The van der Waals surface area contributed by atoms with Crippen LogP contribution in [0.3, 0.4) is 0 Å². The van der Waals surface area contributed by atoms with Crippen LogP contribution in [0, 0.1) is 0 Å². The zero-order chi connectivity index (χ0) is 14.4. The molecule has 0 fully saturated rings. The minimum atomic E-state index is 0.500. The van der Waals surface area contributed by atoms with Crippen molar-refractivity contribution in [2.24, 2.45) is 0 Å². The summed E-state index contributed by atoms with van der Waals surface area (Å²) in [7, 11) is 0. The predicted octanol–water partition coefficient (Wildman–Crippen LogP) is 3.05. The van der Waals surface area contributed by atoms with E-state index in [-0.39, 0.29) is 0 Å². The van der Waals surface area contributed by atoms with Crippen LogP contribution in [0.15, 0.2) is 36.5 Å². The summed E-state index contributed by atoms with van der Waals surface area (Å²) in [6, 6.07) is 11.1. The number of nitrogens with zero attached hydrogens (tertiary/aromatic N) is 2. The second kappa shape index (κ2) is 7.36. The third-order valence-electron chi connectivity index (χ3n) is 3.75. The van der Waals surface area contributed by atoms with Gasteiger partial charge in [-0.3, -0.25) is 4.98 Å². The molecule has 0 radical (unpaired) electrons. The van der Waals surface area contributed by atoms with Gasteiger partial charge in [0.05, 0.1) is 5.52 Å². The van der Waals surface area contributed by atoms with Gasteiger partial charge in [0.1, 0.15) is 0 Å². The predicted molar refractivity (Wildman–Crippen MR) is 85.8 cm³/mol. The van der Waals surface area contributed by atoms with Gasteiger partial charge in [-0.15, -0.1) is 0 Å². The Hall–Kier alpha value is -1.45. The molecule has 1 aromatic carbocycles. The third kappa shape index (κ3) is 4.02. The van der Waals surface area contributed by atoms with Crippen molar-refractivity contribution in [1.29, 1.82) is 0 Å². The normalized spacial score (nSPS) is 13.0. The number of benzene rings is 1. The van der Waals surface area contributed by atoms with Crippen LogP contribution < -0.4 is 5.32 Å². The first kappa shape index (κ1) is 14.9. The van der Waals surface area contributed by atoms with E-state index in [0.29, 0.717) is 6.04 Å². The second-order valence-electron chi connectivity index (χ2n) is 5.30. The van der Waals surface area contributed by atoms with Crippen LogP contribution in [0.25, 0.3) is 10.9 Å². The van der Waals surface area contributed by atoms with Crippen molar-refractivity contribution in [3.63, 3.8) is 0 Å². The molecule has 108 valence electrons. The van der Waals surface area contributed by atoms with E-state index < -0.39 is 0 Å². The molecular weight excluding hydrogens is 246 g/mol. The quantitative estimate of drug-likeness (QED) is 0.839. The molecule has 0 bridgehead atoms. The van der Waals surface area contributed by atoms with Gasteiger partial charge in [0, 0.05) is 30.7 Å². The minimum Gasteiger partial charge on any atom is -0.309 e. The van der Waals surface area contributed by atoms with E-state index in [1.165, 1.54) is 10.9 Å². The smallest absolute Gasteiger partial charge is 0.0702 e. The summed E-state index contributed by atoms with van der Waals surface area (Å²) >= 11 is 0. The first-order chi connectivity index (χ1) is 9.72. The van der Waals surface area contributed by atoms with Gasteiger partial charge in [0.15, 0.2) is 0 Å². The van der Waals surface area contributed by atoms with Gasteiger partial charge in [0.2, 0.25) is 0 Å². The maximum atomic E-state index is 4.35. The van der Waals surface area contributed by atoms with Crippen molar-refractivity contribution in [3.05, 3.63) is 42.1 Å². The molecule has 20 heavy (non-hydrogen) atoms. The van der Waals surface area contributed by atoms with Crippen LogP contribution in [0.2, 0.25) is 0 Å². The van der Waals surface area contributed by atoms with Crippen LogP contribution in [0.5, 0.6) is 0 Å². The summed E-state index contributed by atoms with van der Waals surface area (Å²) < 4.78 is 0. The molecule has 0 aliphatic rings. The van der Waals surface area contributed by atoms with E-state index in [4.69, 9.17) is 0 Å². The molecule has 0 aliphatic carbocycles. The minimum absolute atomic E-state index is 0.500. The monoisotopic (exact) mass is 271 g/mol. The second-order valence-corrected chi connectivity index (χ2v) is 5.30. The van der Waals surface area contributed by atoms with E-state index in [9.17, 15) is 0 Å². The van der Waals surface area contributed by atoms with Crippen LogP contribution in [-0.2, 0) is 6.54 Å². The zero-order valence-corrected chi connectivity index (χ0v) is 12.8. The Bertz CT molecular complexity index is 535. The van der Waals surface area contributed by atoms with Crippen molar-refractivity contribution < 1.29 is 0 Å². The summed E-state index contributed by atoms with van der Waals surface area (Å²) in [4.78, 5) is 6.80. The number of likely N-dealkylation sites (N-methyl/N-ethyl adjacent to an activating group) is 1. The highest BCUT2D eigenvalue weighted by atomic mass is 15.1. The molecule has 0 saturated heterocycles. The number of fused-ring (bicyclic) bond motifs is 1. The molecule has 3 nitrogen and oxygen atoms in total. The number of pyridine rings is 1.